The van der Waals surface area contributed by atoms with Crippen LogP contribution in [-0.2, 0) is 4.74 Å². The third-order valence-electron chi connectivity index (χ3n) is 6.73. The van der Waals surface area contributed by atoms with Crippen molar-refractivity contribution in [1.29, 1.82) is 0 Å². The Morgan fingerprint density at radius 2 is 2.00 bits per heavy atom. The Morgan fingerprint density at radius 3 is 2.70 bits per heavy atom. The van der Waals surface area contributed by atoms with Gasteiger partial charge < -0.3 is 4.74 Å². The average Bonchev–Trinajstić information content (AvgIpc) is 2.93. The third-order valence-corrected chi connectivity index (χ3v) is 6.73. The van der Waals surface area contributed by atoms with Crippen LogP contribution in [0.2, 0.25) is 0 Å². The Labute approximate surface area is 140 Å². The lowest BCUT2D eigenvalue weighted by Gasteiger charge is -2.46. The molecule has 2 nitrogen and oxygen atoms in total. The van der Waals surface area contributed by atoms with Crippen molar-refractivity contribution < 1.29 is 9.53 Å². The number of fused-ring (bicyclic) bond motifs is 1. The number of rotatable bonds is 4. The molecule has 0 bridgehead atoms. The molecule has 23 heavy (non-hydrogen) atoms. The van der Waals surface area contributed by atoms with Crippen molar-refractivity contribution in [2.24, 2.45) is 23.2 Å². The molecule has 0 spiro atoms. The van der Waals surface area contributed by atoms with E-state index in [2.05, 4.69) is 20.8 Å². The summed E-state index contributed by atoms with van der Waals surface area (Å²) in [4.78, 5) is 12.5. The van der Waals surface area contributed by atoms with Crippen LogP contribution < -0.4 is 0 Å². The first-order valence-corrected chi connectivity index (χ1v) is 9.32. The van der Waals surface area contributed by atoms with Crippen molar-refractivity contribution in [2.45, 2.75) is 65.4 Å². The zero-order chi connectivity index (χ0) is 16.4. The van der Waals surface area contributed by atoms with Gasteiger partial charge in [-0.1, -0.05) is 45.4 Å². The van der Waals surface area contributed by atoms with Crippen LogP contribution in [0.15, 0.2) is 30.3 Å². The van der Waals surface area contributed by atoms with Crippen molar-refractivity contribution in [1.82, 2.24) is 0 Å². The predicted octanol–water partition coefficient (Wildman–Crippen LogP) is 5.47. The van der Waals surface area contributed by atoms with Crippen molar-refractivity contribution in [3.63, 3.8) is 0 Å². The van der Waals surface area contributed by atoms with Gasteiger partial charge >= 0.3 is 5.97 Å². The molecular weight excluding hydrogens is 284 g/mol. The highest BCUT2D eigenvalue weighted by Gasteiger charge is 2.53. The fourth-order valence-electron chi connectivity index (χ4n) is 5.30. The van der Waals surface area contributed by atoms with E-state index in [0.29, 0.717) is 16.9 Å². The lowest BCUT2D eigenvalue weighted by atomic mass is 9.61. The maximum absolute atomic E-state index is 12.5. The Balaban J connectivity index is 1.74. The van der Waals surface area contributed by atoms with Crippen molar-refractivity contribution in [2.75, 3.05) is 0 Å². The van der Waals surface area contributed by atoms with Crippen LogP contribution in [0.25, 0.3) is 0 Å². The Bertz CT molecular complexity index is 538. The highest BCUT2D eigenvalue weighted by atomic mass is 16.5. The SMILES string of the molecule is CC[C@@H](C)C1CCC2[C@@H](OC(=O)c3ccccc3)CCC[C@]12C. The molecule has 2 heteroatoms. The monoisotopic (exact) mass is 314 g/mol. The summed E-state index contributed by atoms with van der Waals surface area (Å²) in [7, 11) is 0. The van der Waals surface area contributed by atoms with E-state index in [-0.39, 0.29) is 12.1 Å². The number of hydrogen-bond donors (Lipinski definition) is 0. The van der Waals surface area contributed by atoms with Gasteiger partial charge in [-0.3, -0.25) is 0 Å². The molecule has 0 amide bonds. The number of benzene rings is 1. The molecule has 5 atom stereocenters. The van der Waals surface area contributed by atoms with E-state index in [1.165, 1.54) is 32.1 Å². The molecule has 0 aliphatic heterocycles. The van der Waals surface area contributed by atoms with Crippen LogP contribution in [0.1, 0.15) is 69.7 Å². The second-order valence-corrected chi connectivity index (χ2v) is 7.88. The standard InChI is InChI=1S/C21H30O2/c1-4-15(2)17-12-13-18-19(11-8-14-21(17,18)3)23-20(22)16-9-6-5-7-10-16/h5-7,9-10,15,17-19H,4,8,11-14H2,1-3H3/t15-,17?,18?,19+,21-/m1/s1. The average molecular weight is 314 g/mol. The van der Waals surface area contributed by atoms with Crippen LogP contribution in [0.5, 0.6) is 0 Å². The molecule has 2 aliphatic carbocycles. The minimum absolute atomic E-state index is 0.107. The molecule has 0 radical (unpaired) electrons. The molecule has 0 aromatic heterocycles. The number of carbonyl (C=O) groups is 1. The largest absolute Gasteiger partial charge is 0.458 e. The molecule has 3 rings (SSSR count). The van der Waals surface area contributed by atoms with Crippen molar-refractivity contribution in [3.05, 3.63) is 35.9 Å². The Hall–Kier alpha value is -1.31. The van der Waals surface area contributed by atoms with Crippen LogP contribution in [0, 0.1) is 23.2 Å². The molecule has 2 fully saturated rings. The van der Waals surface area contributed by atoms with E-state index in [9.17, 15) is 4.79 Å². The number of hydrogen-bond acceptors (Lipinski definition) is 2. The minimum Gasteiger partial charge on any atom is -0.458 e. The van der Waals surface area contributed by atoms with E-state index >= 15 is 0 Å². The highest BCUT2D eigenvalue weighted by Crippen LogP contribution is 2.58. The van der Waals surface area contributed by atoms with E-state index in [0.717, 1.165) is 18.3 Å². The van der Waals surface area contributed by atoms with Crippen LogP contribution in [-0.4, -0.2) is 12.1 Å². The first kappa shape index (κ1) is 16.5. The summed E-state index contributed by atoms with van der Waals surface area (Å²) in [5.41, 5.74) is 1.03. The normalized spacial score (nSPS) is 34.7. The summed E-state index contributed by atoms with van der Waals surface area (Å²) in [5, 5.41) is 0. The zero-order valence-corrected chi connectivity index (χ0v) is 14.8. The van der Waals surface area contributed by atoms with Gasteiger partial charge in [0.2, 0.25) is 0 Å². The smallest absolute Gasteiger partial charge is 0.338 e. The van der Waals surface area contributed by atoms with Crippen LogP contribution in [0.3, 0.4) is 0 Å². The maximum Gasteiger partial charge on any atom is 0.338 e. The van der Waals surface area contributed by atoms with Crippen molar-refractivity contribution in [3.8, 4) is 0 Å². The number of carbonyl (C=O) groups excluding carboxylic acids is 1. The number of ether oxygens (including phenoxy) is 1. The van der Waals surface area contributed by atoms with Gasteiger partial charge in [-0.15, -0.1) is 0 Å². The first-order chi connectivity index (χ1) is 11.1. The topological polar surface area (TPSA) is 26.3 Å². The summed E-state index contributed by atoms with van der Waals surface area (Å²) in [6.07, 6.45) is 7.40. The molecule has 126 valence electrons. The summed E-state index contributed by atoms with van der Waals surface area (Å²) >= 11 is 0. The second kappa shape index (κ2) is 6.67. The first-order valence-electron chi connectivity index (χ1n) is 9.32. The van der Waals surface area contributed by atoms with E-state index < -0.39 is 0 Å². The maximum atomic E-state index is 12.5. The fraction of sp³-hybridized carbons (Fsp3) is 0.667. The number of esters is 1. The summed E-state index contributed by atoms with van der Waals surface area (Å²) in [5.74, 6) is 1.96. The Kier molecular flexibility index (Phi) is 4.79. The molecule has 1 aromatic rings. The van der Waals surface area contributed by atoms with E-state index in [1.807, 2.05) is 30.3 Å². The molecule has 2 aliphatic rings. The lowest BCUT2D eigenvalue weighted by Crippen LogP contribution is -2.43. The van der Waals surface area contributed by atoms with Crippen LogP contribution in [0.4, 0.5) is 0 Å². The van der Waals surface area contributed by atoms with E-state index in [1.54, 1.807) is 0 Å². The molecule has 1 aromatic carbocycles. The molecule has 2 saturated carbocycles. The fourth-order valence-corrected chi connectivity index (χ4v) is 5.30. The molecule has 2 unspecified atom stereocenters. The molecule has 0 heterocycles. The quantitative estimate of drug-likeness (QED) is 0.688. The van der Waals surface area contributed by atoms with Crippen molar-refractivity contribution >= 4 is 5.97 Å². The predicted molar refractivity (Wildman–Crippen MR) is 93.3 cm³/mol. The minimum atomic E-state index is -0.146. The van der Waals surface area contributed by atoms with Gasteiger partial charge in [0.15, 0.2) is 0 Å². The summed E-state index contributed by atoms with van der Waals surface area (Å²) in [6.45, 7) is 7.17. The Morgan fingerprint density at radius 1 is 1.26 bits per heavy atom. The van der Waals surface area contributed by atoms with Gasteiger partial charge in [0.1, 0.15) is 6.10 Å². The van der Waals surface area contributed by atoms with Crippen LogP contribution >= 0.6 is 0 Å². The van der Waals surface area contributed by atoms with Gasteiger partial charge in [0.25, 0.3) is 0 Å². The summed E-state index contributed by atoms with van der Waals surface area (Å²) in [6, 6.07) is 9.43. The molecular formula is C21H30O2. The van der Waals surface area contributed by atoms with Gasteiger partial charge in [0.05, 0.1) is 5.56 Å². The van der Waals surface area contributed by atoms with Gasteiger partial charge in [-0.05, 0) is 61.5 Å². The summed E-state index contributed by atoms with van der Waals surface area (Å²) < 4.78 is 5.98. The second-order valence-electron chi connectivity index (χ2n) is 7.88. The van der Waals surface area contributed by atoms with Gasteiger partial charge in [0, 0.05) is 5.92 Å². The van der Waals surface area contributed by atoms with Gasteiger partial charge in [-0.2, -0.15) is 0 Å². The molecule has 0 N–H and O–H groups in total. The zero-order valence-electron chi connectivity index (χ0n) is 14.8. The van der Waals surface area contributed by atoms with Gasteiger partial charge in [-0.25, -0.2) is 4.79 Å². The highest BCUT2D eigenvalue weighted by molar-refractivity contribution is 5.89. The third kappa shape index (κ3) is 3.05. The lowest BCUT2D eigenvalue weighted by molar-refractivity contribution is -0.0469. The van der Waals surface area contributed by atoms with E-state index in [4.69, 9.17) is 4.74 Å². The molecule has 0 saturated heterocycles.